The van der Waals surface area contributed by atoms with Crippen LogP contribution in [0.3, 0.4) is 0 Å². The number of hydrogen-bond donors (Lipinski definition) is 2. The molecule has 0 radical (unpaired) electrons. The summed E-state index contributed by atoms with van der Waals surface area (Å²) in [4.78, 5) is 19.5. The van der Waals surface area contributed by atoms with Crippen molar-refractivity contribution in [2.45, 2.75) is 25.9 Å². The van der Waals surface area contributed by atoms with Crippen molar-refractivity contribution in [3.05, 3.63) is 74.7 Å². The van der Waals surface area contributed by atoms with Crippen LogP contribution in [0.5, 0.6) is 0 Å². The van der Waals surface area contributed by atoms with Gasteiger partial charge < -0.3 is 10.3 Å². The molecule has 0 aliphatic heterocycles. The lowest BCUT2D eigenvalue weighted by molar-refractivity contribution is -0.712. The molecule has 0 aliphatic carbocycles. The molecule has 0 saturated carbocycles. The summed E-state index contributed by atoms with van der Waals surface area (Å²) in [5.41, 5.74) is 1.95. The Hall–Kier alpha value is -1.98. The van der Waals surface area contributed by atoms with Gasteiger partial charge in [0.05, 0.1) is 10.9 Å². The second-order valence-electron chi connectivity index (χ2n) is 5.54. The summed E-state index contributed by atoms with van der Waals surface area (Å²) in [6.45, 7) is 2.81. The molecule has 4 nitrogen and oxygen atoms in total. The van der Waals surface area contributed by atoms with E-state index in [1.165, 1.54) is 5.56 Å². The number of halogens is 1. The number of benzene rings is 2. The molecule has 0 saturated heterocycles. The van der Waals surface area contributed by atoms with E-state index in [9.17, 15) is 4.79 Å². The fourth-order valence-electron chi connectivity index (χ4n) is 2.73. The predicted octanol–water partition coefficient (Wildman–Crippen LogP) is 2.90. The molecule has 0 fully saturated rings. The van der Waals surface area contributed by atoms with E-state index in [1.807, 2.05) is 18.2 Å². The van der Waals surface area contributed by atoms with E-state index in [0.717, 1.165) is 16.4 Å². The topological polar surface area (TPSA) is 62.4 Å². The predicted molar refractivity (Wildman–Crippen MR) is 95.2 cm³/mol. The van der Waals surface area contributed by atoms with Crippen LogP contribution in [0.1, 0.15) is 30.8 Å². The molecule has 2 aromatic carbocycles. The Labute approximate surface area is 143 Å². The van der Waals surface area contributed by atoms with Crippen molar-refractivity contribution in [3.8, 4) is 0 Å². The third-order valence-electron chi connectivity index (χ3n) is 4.00. The van der Waals surface area contributed by atoms with Gasteiger partial charge in [-0.2, -0.15) is 0 Å². The summed E-state index contributed by atoms with van der Waals surface area (Å²) in [7, 11) is 0. The molecule has 3 aromatic rings. The second-order valence-corrected chi connectivity index (χ2v) is 6.45. The average Bonchev–Trinajstić information content (AvgIpc) is 2.57. The summed E-state index contributed by atoms with van der Waals surface area (Å²) in [5.74, 6) is 0.712. The van der Waals surface area contributed by atoms with Crippen molar-refractivity contribution < 1.29 is 5.32 Å². The lowest BCUT2D eigenvalue weighted by atomic mass is 10.0. The van der Waals surface area contributed by atoms with Crippen molar-refractivity contribution in [1.29, 1.82) is 0 Å². The van der Waals surface area contributed by atoms with Crippen LogP contribution >= 0.6 is 15.9 Å². The zero-order chi connectivity index (χ0) is 16.2. The fourth-order valence-corrected chi connectivity index (χ4v) is 3.00. The normalized spacial score (nSPS) is 12.4. The largest absolute Gasteiger partial charge is 0.334 e. The van der Waals surface area contributed by atoms with Crippen LogP contribution in [0.25, 0.3) is 10.9 Å². The molecular weight excluding hydrogens is 354 g/mol. The minimum Gasteiger partial charge on any atom is -0.334 e. The molecule has 3 rings (SSSR count). The van der Waals surface area contributed by atoms with Gasteiger partial charge in [0.1, 0.15) is 12.6 Å². The lowest BCUT2D eigenvalue weighted by Crippen LogP contribution is -2.83. The van der Waals surface area contributed by atoms with Gasteiger partial charge in [-0.3, -0.25) is 4.79 Å². The van der Waals surface area contributed by atoms with Gasteiger partial charge in [0.25, 0.3) is 5.56 Å². The maximum absolute atomic E-state index is 12.1. The van der Waals surface area contributed by atoms with Crippen LogP contribution in [0, 0.1) is 0 Å². The zero-order valence-corrected chi connectivity index (χ0v) is 14.5. The Morgan fingerprint density at radius 3 is 2.65 bits per heavy atom. The van der Waals surface area contributed by atoms with E-state index in [2.05, 4.69) is 62.4 Å². The van der Waals surface area contributed by atoms with Crippen molar-refractivity contribution in [3.63, 3.8) is 0 Å². The highest BCUT2D eigenvalue weighted by atomic mass is 79.9. The number of aromatic amines is 1. The summed E-state index contributed by atoms with van der Waals surface area (Å²) in [6.07, 6.45) is 1.01. The van der Waals surface area contributed by atoms with Crippen molar-refractivity contribution in [2.75, 3.05) is 0 Å². The van der Waals surface area contributed by atoms with E-state index in [4.69, 9.17) is 0 Å². The van der Waals surface area contributed by atoms with E-state index in [0.29, 0.717) is 23.8 Å². The van der Waals surface area contributed by atoms with E-state index >= 15 is 0 Å². The highest BCUT2D eigenvalue weighted by Crippen LogP contribution is 2.16. The number of nitrogens with zero attached hydrogens (tertiary/aromatic N) is 1. The van der Waals surface area contributed by atoms with Crippen molar-refractivity contribution in [2.24, 2.45) is 0 Å². The molecule has 1 atom stereocenters. The highest BCUT2D eigenvalue weighted by molar-refractivity contribution is 9.10. The SMILES string of the molecule is CC[C@@H]([NH2+]Cc1nc2ccccc2c(=O)[nH]1)c1ccc(Br)cc1. The Balaban J connectivity index is 1.79. The van der Waals surface area contributed by atoms with E-state index in [-0.39, 0.29) is 5.56 Å². The van der Waals surface area contributed by atoms with Crippen molar-refractivity contribution >= 4 is 26.8 Å². The van der Waals surface area contributed by atoms with Gasteiger partial charge in [0.2, 0.25) is 0 Å². The summed E-state index contributed by atoms with van der Waals surface area (Å²) in [6, 6.07) is 16.1. The fraction of sp³-hybridized carbons (Fsp3) is 0.222. The van der Waals surface area contributed by atoms with Gasteiger partial charge >= 0.3 is 0 Å². The van der Waals surface area contributed by atoms with Gasteiger partial charge in [-0.25, -0.2) is 4.98 Å². The molecule has 0 amide bonds. The maximum Gasteiger partial charge on any atom is 0.258 e. The first-order chi connectivity index (χ1) is 11.2. The Morgan fingerprint density at radius 2 is 1.91 bits per heavy atom. The van der Waals surface area contributed by atoms with Gasteiger partial charge in [-0.1, -0.05) is 47.1 Å². The van der Waals surface area contributed by atoms with Gasteiger partial charge in [-0.05, 0) is 24.3 Å². The summed E-state index contributed by atoms with van der Waals surface area (Å²) >= 11 is 3.46. The third kappa shape index (κ3) is 3.68. The number of nitrogens with two attached hydrogens (primary N) is 1. The first-order valence-corrected chi connectivity index (χ1v) is 8.53. The highest BCUT2D eigenvalue weighted by Gasteiger charge is 2.13. The molecule has 0 aliphatic rings. The van der Waals surface area contributed by atoms with Crippen LogP contribution in [-0.4, -0.2) is 9.97 Å². The third-order valence-corrected chi connectivity index (χ3v) is 4.52. The number of rotatable bonds is 5. The molecule has 0 unspecified atom stereocenters. The first-order valence-electron chi connectivity index (χ1n) is 7.74. The van der Waals surface area contributed by atoms with Crippen LogP contribution < -0.4 is 10.9 Å². The van der Waals surface area contributed by atoms with Gasteiger partial charge in [0, 0.05) is 16.5 Å². The molecule has 3 N–H and O–H groups in total. The van der Waals surface area contributed by atoms with Crippen LogP contribution in [0.4, 0.5) is 0 Å². The van der Waals surface area contributed by atoms with Crippen LogP contribution in [0.15, 0.2) is 57.8 Å². The molecule has 0 bridgehead atoms. The number of quaternary nitrogens is 1. The minimum absolute atomic E-state index is 0.0734. The van der Waals surface area contributed by atoms with E-state index in [1.54, 1.807) is 6.07 Å². The van der Waals surface area contributed by atoms with Crippen LogP contribution in [0.2, 0.25) is 0 Å². The molecule has 118 valence electrons. The lowest BCUT2D eigenvalue weighted by Gasteiger charge is -2.14. The number of hydrogen-bond acceptors (Lipinski definition) is 2. The van der Waals surface area contributed by atoms with Gasteiger partial charge in [0.15, 0.2) is 5.82 Å². The molecule has 1 aromatic heterocycles. The summed E-state index contributed by atoms with van der Waals surface area (Å²) < 4.78 is 1.08. The molecule has 0 spiro atoms. The molecule has 23 heavy (non-hydrogen) atoms. The number of fused-ring (bicyclic) bond motifs is 1. The monoisotopic (exact) mass is 372 g/mol. The molecule has 1 heterocycles. The van der Waals surface area contributed by atoms with Crippen LogP contribution in [-0.2, 0) is 6.54 Å². The number of nitrogens with one attached hydrogen (secondary N) is 1. The van der Waals surface area contributed by atoms with E-state index < -0.39 is 0 Å². The average molecular weight is 373 g/mol. The Bertz CT molecular complexity index is 858. The quantitative estimate of drug-likeness (QED) is 0.723. The second kappa shape index (κ2) is 7.06. The number of H-pyrrole nitrogens is 1. The standard InChI is InChI=1S/C18H18BrN3O/c1-2-15(12-7-9-13(19)10-8-12)20-11-17-21-16-6-4-3-5-14(16)18(23)22-17/h3-10,15,20H,2,11H2,1H3,(H,21,22,23)/p+1/t15-/m1/s1. The van der Waals surface area contributed by atoms with Crippen molar-refractivity contribution in [1.82, 2.24) is 9.97 Å². The Kier molecular flexibility index (Phi) is 4.88. The zero-order valence-electron chi connectivity index (χ0n) is 12.9. The Morgan fingerprint density at radius 1 is 1.17 bits per heavy atom. The maximum atomic E-state index is 12.1. The number of para-hydroxylation sites is 1. The minimum atomic E-state index is -0.0734. The number of aromatic nitrogens is 2. The molecule has 5 heteroatoms. The van der Waals surface area contributed by atoms with Gasteiger partial charge in [-0.15, -0.1) is 0 Å². The summed E-state index contributed by atoms with van der Waals surface area (Å²) in [5, 5.41) is 2.85. The smallest absolute Gasteiger partial charge is 0.258 e. The molecular formula is C18H19BrN3O+. The first kappa shape index (κ1) is 15.9.